The lowest BCUT2D eigenvalue weighted by molar-refractivity contribution is 0.192. The van der Waals surface area contributed by atoms with Crippen LogP contribution in [0.4, 0.5) is 14.9 Å². The molecule has 38 heavy (non-hydrogen) atoms. The number of halogens is 1. The maximum atomic E-state index is 13.4. The largest absolute Gasteiger partial charge is 0.497 e. The average molecular weight is 544 g/mol. The van der Waals surface area contributed by atoms with E-state index in [0.717, 1.165) is 24.3 Å². The van der Waals surface area contributed by atoms with Gasteiger partial charge in [-0.15, -0.1) is 0 Å². The van der Waals surface area contributed by atoms with Crippen LogP contribution in [0.15, 0.2) is 71.6 Å². The molecule has 0 unspecified atom stereocenters. The number of carbonyl (C=O) groups is 1. The monoisotopic (exact) mass is 543 g/mol. The van der Waals surface area contributed by atoms with Crippen LogP contribution in [0.3, 0.4) is 0 Å². The summed E-state index contributed by atoms with van der Waals surface area (Å²) in [7, 11) is -2.68. The van der Waals surface area contributed by atoms with Crippen molar-refractivity contribution < 1.29 is 26.5 Å². The summed E-state index contributed by atoms with van der Waals surface area (Å²) in [6.45, 7) is 7.92. The zero-order chi connectivity index (χ0) is 27.7. The maximum absolute atomic E-state index is 13.4. The fourth-order valence-corrected chi connectivity index (χ4v) is 4.88. The van der Waals surface area contributed by atoms with Crippen molar-refractivity contribution in [2.75, 3.05) is 31.6 Å². The molecule has 0 heterocycles. The molecule has 0 aliphatic carbocycles. The fraction of sp³-hybridized carbons (Fsp3) is 0.321. The van der Waals surface area contributed by atoms with Crippen molar-refractivity contribution in [3.8, 4) is 11.5 Å². The van der Waals surface area contributed by atoms with E-state index in [-0.39, 0.29) is 35.6 Å². The van der Waals surface area contributed by atoms with E-state index < -0.39 is 10.1 Å². The van der Waals surface area contributed by atoms with Crippen LogP contribution >= 0.6 is 0 Å². The number of nitrogens with one attached hydrogen (secondary N) is 1. The number of amides is 2. The third-order valence-electron chi connectivity index (χ3n) is 5.99. The van der Waals surface area contributed by atoms with Crippen molar-refractivity contribution in [2.24, 2.45) is 0 Å². The molecule has 2 amide bonds. The Morgan fingerprint density at radius 1 is 0.921 bits per heavy atom. The number of hydrogen-bond acceptors (Lipinski definition) is 6. The van der Waals surface area contributed by atoms with Crippen molar-refractivity contribution >= 4 is 21.8 Å². The molecule has 0 fully saturated rings. The summed E-state index contributed by atoms with van der Waals surface area (Å²) in [5.74, 6) is 0.273. The Balaban J connectivity index is 2.00. The van der Waals surface area contributed by atoms with E-state index in [0.29, 0.717) is 17.9 Å². The molecule has 0 saturated carbocycles. The topological polar surface area (TPSA) is 88.2 Å². The molecule has 0 bridgehead atoms. The second-order valence-electron chi connectivity index (χ2n) is 8.50. The molecular weight excluding hydrogens is 509 g/mol. The van der Waals surface area contributed by atoms with Crippen molar-refractivity contribution in [3.05, 3.63) is 83.7 Å². The van der Waals surface area contributed by atoms with Crippen LogP contribution < -0.4 is 19.1 Å². The molecule has 0 saturated heterocycles. The van der Waals surface area contributed by atoms with Gasteiger partial charge in [0.2, 0.25) is 0 Å². The average Bonchev–Trinajstić information content (AvgIpc) is 2.91. The van der Waals surface area contributed by atoms with Crippen molar-refractivity contribution in [2.45, 2.75) is 38.8 Å². The van der Waals surface area contributed by atoms with E-state index in [4.69, 9.17) is 8.92 Å². The minimum atomic E-state index is -4.18. The molecule has 3 aromatic rings. The van der Waals surface area contributed by atoms with Gasteiger partial charge in [0, 0.05) is 43.5 Å². The highest BCUT2D eigenvalue weighted by Crippen LogP contribution is 2.30. The number of methoxy groups -OCH3 is 1. The van der Waals surface area contributed by atoms with Gasteiger partial charge in [-0.05, 0) is 68.8 Å². The van der Waals surface area contributed by atoms with E-state index in [2.05, 4.69) is 10.2 Å². The van der Waals surface area contributed by atoms with Gasteiger partial charge in [-0.1, -0.05) is 18.2 Å². The van der Waals surface area contributed by atoms with Crippen LogP contribution in [0.2, 0.25) is 0 Å². The standard InChI is InChI=1S/C28H34FN3O5S/c1-5-30-28(33)32(19-21-8-11-23(29)12-9-21)20-22-10-13-24(31(6-2)7-3)18-27(22)37-38(34,35)26-16-14-25(36-4)15-17-26/h8-18H,5-7,19-20H2,1-4H3,(H,30,33). The number of nitrogens with zero attached hydrogens (tertiary/aromatic N) is 2. The molecule has 8 nitrogen and oxygen atoms in total. The van der Waals surface area contributed by atoms with Gasteiger partial charge in [-0.25, -0.2) is 9.18 Å². The van der Waals surface area contributed by atoms with Crippen LogP contribution in [0.5, 0.6) is 11.5 Å². The summed E-state index contributed by atoms with van der Waals surface area (Å²) in [5.41, 5.74) is 2.03. The summed E-state index contributed by atoms with van der Waals surface area (Å²) >= 11 is 0. The van der Waals surface area contributed by atoms with Gasteiger partial charge in [0.15, 0.2) is 0 Å². The predicted molar refractivity (Wildman–Crippen MR) is 146 cm³/mol. The first kappa shape index (κ1) is 28.8. The SMILES string of the molecule is CCNC(=O)N(Cc1ccc(F)cc1)Cc1ccc(N(CC)CC)cc1OS(=O)(=O)c1ccc(OC)cc1. The lowest BCUT2D eigenvalue weighted by Gasteiger charge is -2.26. The summed E-state index contributed by atoms with van der Waals surface area (Å²) < 4.78 is 50.7. The van der Waals surface area contributed by atoms with Gasteiger partial charge >= 0.3 is 16.1 Å². The van der Waals surface area contributed by atoms with Crippen molar-refractivity contribution in [3.63, 3.8) is 0 Å². The molecule has 0 aliphatic heterocycles. The number of hydrogen-bond donors (Lipinski definition) is 1. The molecule has 0 atom stereocenters. The third-order valence-corrected chi connectivity index (χ3v) is 7.24. The summed E-state index contributed by atoms with van der Waals surface area (Å²) in [4.78, 5) is 16.5. The first-order valence-corrected chi connectivity index (χ1v) is 13.8. The zero-order valence-electron chi connectivity index (χ0n) is 22.1. The quantitative estimate of drug-likeness (QED) is 0.317. The molecule has 0 aliphatic rings. The third kappa shape index (κ3) is 7.38. The number of ether oxygens (including phenoxy) is 1. The van der Waals surface area contributed by atoms with Gasteiger partial charge in [-0.3, -0.25) is 0 Å². The Morgan fingerprint density at radius 3 is 2.16 bits per heavy atom. The predicted octanol–water partition coefficient (Wildman–Crippen LogP) is 5.18. The molecule has 0 radical (unpaired) electrons. The van der Waals surface area contributed by atoms with E-state index in [1.54, 1.807) is 36.4 Å². The van der Waals surface area contributed by atoms with E-state index in [9.17, 15) is 17.6 Å². The minimum Gasteiger partial charge on any atom is -0.497 e. The smallest absolute Gasteiger partial charge is 0.339 e. The Labute approximate surface area is 224 Å². The van der Waals surface area contributed by atoms with Gasteiger partial charge in [0.05, 0.1) is 13.7 Å². The van der Waals surface area contributed by atoms with Crippen LogP contribution in [0, 0.1) is 5.82 Å². The summed E-state index contributed by atoms with van der Waals surface area (Å²) in [6, 6.07) is 16.8. The number of carbonyl (C=O) groups excluding carboxylic acids is 1. The lowest BCUT2D eigenvalue weighted by Crippen LogP contribution is -2.39. The zero-order valence-corrected chi connectivity index (χ0v) is 22.9. The van der Waals surface area contributed by atoms with Crippen LogP contribution in [0.1, 0.15) is 31.9 Å². The number of urea groups is 1. The molecule has 0 aromatic heterocycles. The first-order chi connectivity index (χ1) is 18.2. The van der Waals surface area contributed by atoms with Crippen molar-refractivity contribution in [1.29, 1.82) is 0 Å². The summed E-state index contributed by atoms with van der Waals surface area (Å²) in [5, 5.41) is 2.78. The lowest BCUT2D eigenvalue weighted by atomic mass is 10.1. The van der Waals surface area contributed by atoms with Crippen LogP contribution in [0.25, 0.3) is 0 Å². The highest BCUT2D eigenvalue weighted by molar-refractivity contribution is 7.87. The number of rotatable bonds is 12. The first-order valence-electron chi connectivity index (χ1n) is 12.4. The fourth-order valence-electron chi connectivity index (χ4n) is 3.92. The molecule has 10 heteroatoms. The Morgan fingerprint density at radius 2 is 1.58 bits per heavy atom. The minimum absolute atomic E-state index is 0.0237. The molecule has 3 rings (SSSR count). The normalized spacial score (nSPS) is 11.1. The highest BCUT2D eigenvalue weighted by Gasteiger charge is 2.23. The van der Waals surface area contributed by atoms with Gasteiger partial charge < -0.3 is 24.0 Å². The second-order valence-corrected chi connectivity index (χ2v) is 10.0. The molecule has 204 valence electrons. The summed E-state index contributed by atoms with van der Waals surface area (Å²) in [6.07, 6.45) is 0. The van der Waals surface area contributed by atoms with E-state index in [1.807, 2.05) is 26.8 Å². The molecule has 3 aromatic carbocycles. The van der Waals surface area contributed by atoms with Crippen molar-refractivity contribution in [1.82, 2.24) is 10.2 Å². The van der Waals surface area contributed by atoms with Crippen LogP contribution in [-0.2, 0) is 23.2 Å². The Hall–Kier alpha value is -3.79. The number of benzene rings is 3. The maximum Gasteiger partial charge on any atom is 0.339 e. The van der Waals surface area contributed by atoms with Gasteiger partial charge in [-0.2, -0.15) is 8.42 Å². The molecule has 0 spiro atoms. The Bertz CT molecular complexity index is 1310. The van der Waals surface area contributed by atoms with E-state index >= 15 is 0 Å². The second kappa shape index (κ2) is 13.1. The van der Waals surface area contributed by atoms with Gasteiger partial charge in [0.25, 0.3) is 0 Å². The molecular formula is C28H34FN3O5S. The van der Waals surface area contributed by atoms with Crippen LogP contribution in [-0.4, -0.2) is 46.1 Å². The molecule has 1 N–H and O–H groups in total. The Kier molecular flexibility index (Phi) is 9.95. The number of anilines is 1. The van der Waals surface area contributed by atoms with E-state index in [1.165, 1.54) is 36.3 Å². The highest BCUT2D eigenvalue weighted by atomic mass is 32.2. The van der Waals surface area contributed by atoms with Gasteiger partial charge in [0.1, 0.15) is 22.2 Å².